The Morgan fingerprint density at radius 1 is 1.04 bits per heavy atom. The van der Waals surface area contributed by atoms with Crippen LogP contribution in [0.15, 0.2) is 47.3 Å². The van der Waals surface area contributed by atoms with Gasteiger partial charge in [-0.3, -0.25) is 14.2 Å². The molecular formula is C23H26N2O2. The van der Waals surface area contributed by atoms with Crippen LogP contribution in [-0.4, -0.2) is 10.5 Å². The average Bonchev–Trinajstić information content (AvgIpc) is 2.58. The normalized spacial score (nSPS) is 11.2. The Bertz CT molecular complexity index is 1080. The number of aryl methyl sites for hydroxylation is 3. The third-order valence-electron chi connectivity index (χ3n) is 4.90. The Morgan fingerprint density at radius 3 is 2.44 bits per heavy atom. The van der Waals surface area contributed by atoms with E-state index in [-0.39, 0.29) is 18.0 Å². The van der Waals surface area contributed by atoms with E-state index in [9.17, 15) is 9.59 Å². The van der Waals surface area contributed by atoms with Crippen LogP contribution in [0.4, 0.5) is 5.69 Å². The molecule has 140 valence electrons. The van der Waals surface area contributed by atoms with Crippen molar-refractivity contribution in [2.75, 3.05) is 5.32 Å². The highest BCUT2D eigenvalue weighted by Crippen LogP contribution is 2.25. The highest BCUT2D eigenvalue weighted by Gasteiger charge is 2.14. The van der Waals surface area contributed by atoms with Gasteiger partial charge in [0.2, 0.25) is 5.91 Å². The quantitative estimate of drug-likeness (QED) is 0.732. The molecule has 0 radical (unpaired) electrons. The van der Waals surface area contributed by atoms with Crippen LogP contribution in [0.25, 0.3) is 10.9 Å². The van der Waals surface area contributed by atoms with Crippen molar-refractivity contribution in [3.63, 3.8) is 0 Å². The number of nitrogens with one attached hydrogen (secondary N) is 1. The van der Waals surface area contributed by atoms with E-state index in [4.69, 9.17) is 0 Å². The summed E-state index contributed by atoms with van der Waals surface area (Å²) in [6, 6.07) is 13.5. The van der Waals surface area contributed by atoms with Crippen LogP contribution in [0.1, 0.15) is 42.0 Å². The van der Waals surface area contributed by atoms with Crippen LogP contribution in [-0.2, 0) is 11.3 Å². The van der Waals surface area contributed by atoms with Crippen LogP contribution >= 0.6 is 0 Å². The van der Waals surface area contributed by atoms with Crippen molar-refractivity contribution in [2.24, 2.45) is 0 Å². The minimum absolute atomic E-state index is 0.00799. The van der Waals surface area contributed by atoms with Crippen LogP contribution in [0.2, 0.25) is 0 Å². The van der Waals surface area contributed by atoms with Crippen molar-refractivity contribution < 1.29 is 4.79 Å². The number of benzene rings is 2. The van der Waals surface area contributed by atoms with Gasteiger partial charge in [-0.05, 0) is 55.5 Å². The smallest absolute Gasteiger partial charge is 0.251 e. The lowest BCUT2D eigenvalue weighted by Crippen LogP contribution is -2.28. The summed E-state index contributed by atoms with van der Waals surface area (Å²) in [5, 5.41) is 4.00. The summed E-state index contributed by atoms with van der Waals surface area (Å²) in [4.78, 5) is 25.4. The lowest BCUT2D eigenvalue weighted by Gasteiger charge is -2.17. The Hall–Kier alpha value is -2.88. The maximum atomic E-state index is 12.7. The molecule has 0 atom stereocenters. The van der Waals surface area contributed by atoms with Gasteiger partial charge in [-0.15, -0.1) is 0 Å². The maximum absolute atomic E-state index is 12.7. The second-order valence-electron chi connectivity index (χ2n) is 7.52. The predicted molar refractivity (Wildman–Crippen MR) is 112 cm³/mol. The second kappa shape index (κ2) is 7.39. The zero-order chi connectivity index (χ0) is 19.7. The Labute approximate surface area is 159 Å². The largest absolute Gasteiger partial charge is 0.324 e. The molecule has 1 aromatic heterocycles. The van der Waals surface area contributed by atoms with Gasteiger partial charge in [0.25, 0.3) is 5.56 Å². The third-order valence-corrected chi connectivity index (χ3v) is 4.90. The van der Waals surface area contributed by atoms with Gasteiger partial charge in [-0.25, -0.2) is 0 Å². The predicted octanol–water partition coefficient (Wildman–Crippen LogP) is 4.69. The number of rotatable bonds is 4. The van der Waals surface area contributed by atoms with Gasteiger partial charge in [0.1, 0.15) is 6.54 Å². The first-order valence-electron chi connectivity index (χ1n) is 9.28. The van der Waals surface area contributed by atoms with E-state index in [1.165, 1.54) is 0 Å². The zero-order valence-electron chi connectivity index (χ0n) is 16.6. The van der Waals surface area contributed by atoms with E-state index in [1.807, 2.05) is 51.1 Å². The molecule has 0 aliphatic rings. The summed E-state index contributed by atoms with van der Waals surface area (Å²) in [7, 11) is 0. The lowest BCUT2D eigenvalue weighted by molar-refractivity contribution is -0.116. The monoisotopic (exact) mass is 362 g/mol. The highest BCUT2D eigenvalue weighted by molar-refractivity contribution is 5.93. The molecule has 3 rings (SSSR count). The molecule has 1 heterocycles. The van der Waals surface area contributed by atoms with Crippen LogP contribution in [0.5, 0.6) is 0 Å². The topological polar surface area (TPSA) is 51.1 Å². The van der Waals surface area contributed by atoms with Crippen LogP contribution in [0.3, 0.4) is 0 Å². The first-order valence-corrected chi connectivity index (χ1v) is 9.28. The van der Waals surface area contributed by atoms with Gasteiger partial charge < -0.3 is 5.32 Å². The molecular weight excluding hydrogens is 336 g/mol. The average molecular weight is 362 g/mol. The number of amides is 1. The lowest BCUT2D eigenvalue weighted by atomic mass is 10.0. The standard InChI is InChI=1S/C23H26N2O2/c1-14(2)18-8-6-7-9-20(18)24-21(26)13-25-22(27)12-16(4)19-11-15(3)10-17(5)23(19)25/h6-12,14H,13H2,1-5H3,(H,24,26). The number of hydrogen-bond acceptors (Lipinski definition) is 2. The van der Waals surface area contributed by atoms with Crippen LogP contribution < -0.4 is 10.9 Å². The molecule has 27 heavy (non-hydrogen) atoms. The fraction of sp³-hybridized carbons (Fsp3) is 0.304. The Balaban J connectivity index is 2.00. The molecule has 1 amide bonds. The minimum atomic E-state index is -0.199. The number of aromatic nitrogens is 1. The molecule has 0 aliphatic carbocycles. The van der Waals surface area contributed by atoms with Crippen molar-refractivity contribution in [1.82, 2.24) is 4.57 Å². The number of fused-ring (bicyclic) bond motifs is 1. The van der Waals surface area contributed by atoms with Gasteiger partial charge in [0.05, 0.1) is 5.52 Å². The van der Waals surface area contributed by atoms with Gasteiger partial charge in [-0.1, -0.05) is 43.7 Å². The number of hydrogen-bond donors (Lipinski definition) is 1. The molecule has 0 fully saturated rings. The first kappa shape index (κ1) is 18.9. The van der Waals surface area contributed by atoms with Gasteiger partial charge >= 0.3 is 0 Å². The van der Waals surface area contributed by atoms with Crippen molar-refractivity contribution in [1.29, 1.82) is 0 Å². The number of pyridine rings is 1. The molecule has 0 aliphatic heterocycles. The summed E-state index contributed by atoms with van der Waals surface area (Å²) in [5.41, 5.74) is 5.64. The molecule has 0 unspecified atom stereocenters. The van der Waals surface area contributed by atoms with Gasteiger partial charge in [0.15, 0.2) is 0 Å². The number of carbonyl (C=O) groups excluding carboxylic acids is 1. The summed E-state index contributed by atoms with van der Waals surface area (Å²) in [6.45, 7) is 10.1. The van der Waals surface area contributed by atoms with E-state index in [2.05, 4.69) is 25.2 Å². The molecule has 1 N–H and O–H groups in total. The zero-order valence-corrected chi connectivity index (χ0v) is 16.6. The highest BCUT2D eigenvalue weighted by atomic mass is 16.2. The van der Waals surface area contributed by atoms with E-state index >= 15 is 0 Å². The van der Waals surface area contributed by atoms with Crippen molar-refractivity contribution in [3.8, 4) is 0 Å². The van der Waals surface area contributed by atoms with Crippen molar-refractivity contribution in [2.45, 2.75) is 47.1 Å². The number of carbonyl (C=O) groups is 1. The molecule has 0 bridgehead atoms. The maximum Gasteiger partial charge on any atom is 0.251 e. The Morgan fingerprint density at radius 2 is 1.74 bits per heavy atom. The summed E-state index contributed by atoms with van der Waals surface area (Å²) in [5.74, 6) is 0.102. The summed E-state index contributed by atoms with van der Waals surface area (Å²) in [6.07, 6.45) is 0. The number of anilines is 1. The van der Waals surface area contributed by atoms with Crippen LogP contribution in [0, 0.1) is 20.8 Å². The van der Waals surface area contributed by atoms with E-state index in [0.717, 1.165) is 38.8 Å². The molecule has 3 aromatic rings. The van der Waals surface area contributed by atoms with Gasteiger partial charge in [-0.2, -0.15) is 0 Å². The molecule has 0 saturated carbocycles. The van der Waals surface area contributed by atoms with E-state index < -0.39 is 0 Å². The fourth-order valence-corrected chi connectivity index (χ4v) is 3.67. The molecule has 0 saturated heterocycles. The van der Waals surface area contributed by atoms with Gasteiger partial charge in [0, 0.05) is 17.1 Å². The van der Waals surface area contributed by atoms with Crippen molar-refractivity contribution in [3.05, 3.63) is 75.1 Å². The number of nitrogens with zero attached hydrogens (tertiary/aromatic N) is 1. The first-order chi connectivity index (χ1) is 12.8. The summed E-state index contributed by atoms with van der Waals surface area (Å²) >= 11 is 0. The minimum Gasteiger partial charge on any atom is -0.324 e. The van der Waals surface area contributed by atoms with E-state index in [1.54, 1.807) is 10.6 Å². The molecule has 2 aromatic carbocycles. The van der Waals surface area contributed by atoms with E-state index in [0.29, 0.717) is 5.92 Å². The number of para-hydroxylation sites is 1. The molecule has 4 heteroatoms. The molecule has 0 spiro atoms. The Kier molecular flexibility index (Phi) is 5.17. The fourth-order valence-electron chi connectivity index (χ4n) is 3.67. The second-order valence-corrected chi connectivity index (χ2v) is 7.52. The van der Waals surface area contributed by atoms with Crippen molar-refractivity contribution >= 4 is 22.5 Å². The SMILES string of the molecule is Cc1cc(C)c2c(c1)c(C)cc(=O)n2CC(=O)Nc1ccccc1C(C)C. The summed E-state index contributed by atoms with van der Waals surface area (Å²) < 4.78 is 1.57. The molecule has 4 nitrogen and oxygen atoms in total. The third kappa shape index (κ3) is 3.80.